The molecule has 0 bridgehead atoms. The molecule has 0 radical (unpaired) electrons. The molecule has 0 atom stereocenters. The molecule has 0 spiro atoms. The molecule has 0 fully saturated rings. The summed E-state index contributed by atoms with van der Waals surface area (Å²) in [7, 11) is 0. The van der Waals surface area contributed by atoms with Crippen molar-refractivity contribution >= 4 is 5.91 Å². The highest BCUT2D eigenvalue weighted by Crippen LogP contribution is 2.12. The fraction of sp³-hybridized carbons (Fsp3) is 0.312. The standard InChI is InChI=1S/C16H19N3O2/c1-12-15(10-17-13(2)18-12)16(21)19(8-9-20)11-14-6-4-3-5-7-14/h3-7,10,20H,8-9,11H2,1-2H3. The molecule has 1 amide bonds. The fourth-order valence-electron chi connectivity index (χ4n) is 2.14. The Kier molecular flexibility index (Phi) is 5.00. The number of aliphatic hydroxyl groups excluding tert-OH is 1. The third kappa shape index (κ3) is 3.86. The smallest absolute Gasteiger partial charge is 0.257 e. The van der Waals surface area contributed by atoms with E-state index in [-0.39, 0.29) is 19.1 Å². The molecule has 0 aliphatic heterocycles. The van der Waals surface area contributed by atoms with Gasteiger partial charge in [-0.2, -0.15) is 0 Å². The lowest BCUT2D eigenvalue weighted by atomic mass is 10.1. The molecular formula is C16H19N3O2. The van der Waals surface area contributed by atoms with E-state index in [1.807, 2.05) is 30.3 Å². The van der Waals surface area contributed by atoms with Crippen LogP contribution >= 0.6 is 0 Å². The van der Waals surface area contributed by atoms with Gasteiger partial charge in [0.05, 0.1) is 17.9 Å². The van der Waals surface area contributed by atoms with Crippen LogP contribution in [-0.2, 0) is 6.54 Å². The van der Waals surface area contributed by atoms with Crippen LogP contribution in [0.3, 0.4) is 0 Å². The molecule has 0 saturated carbocycles. The van der Waals surface area contributed by atoms with E-state index in [9.17, 15) is 9.90 Å². The number of aliphatic hydroxyl groups is 1. The van der Waals surface area contributed by atoms with Gasteiger partial charge in [-0.15, -0.1) is 0 Å². The predicted molar refractivity (Wildman–Crippen MR) is 79.8 cm³/mol. The summed E-state index contributed by atoms with van der Waals surface area (Å²) in [5.41, 5.74) is 2.15. The van der Waals surface area contributed by atoms with Gasteiger partial charge >= 0.3 is 0 Å². The first-order valence-electron chi connectivity index (χ1n) is 6.86. The number of amides is 1. The maximum absolute atomic E-state index is 12.6. The van der Waals surface area contributed by atoms with Gasteiger partial charge in [0.15, 0.2) is 0 Å². The Balaban J connectivity index is 2.23. The van der Waals surface area contributed by atoms with Gasteiger partial charge in [-0.25, -0.2) is 9.97 Å². The van der Waals surface area contributed by atoms with Crippen LogP contribution in [0, 0.1) is 13.8 Å². The fourth-order valence-corrected chi connectivity index (χ4v) is 2.14. The number of aromatic nitrogens is 2. The number of carbonyl (C=O) groups is 1. The zero-order valence-corrected chi connectivity index (χ0v) is 12.3. The zero-order valence-electron chi connectivity index (χ0n) is 12.3. The molecule has 1 aromatic carbocycles. The van der Waals surface area contributed by atoms with Crippen molar-refractivity contribution < 1.29 is 9.90 Å². The lowest BCUT2D eigenvalue weighted by Gasteiger charge is -2.22. The Bertz CT molecular complexity index is 614. The molecule has 2 rings (SSSR count). The minimum absolute atomic E-state index is 0.0790. The Labute approximate surface area is 124 Å². The van der Waals surface area contributed by atoms with Crippen molar-refractivity contribution in [2.24, 2.45) is 0 Å². The number of hydrogen-bond acceptors (Lipinski definition) is 4. The Hall–Kier alpha value is -2.27. The van der Waals surface area contributed by atoms with Crippen LogP contribution in [0.15, 0.2) is 36.5 Å². The topological polar surface area (TPSA) is 66.3 Å². The summed E-state index contributed by atoms with van der Waals surface area (Å²) in [6.07, 6.45) is 1.55. The van der Waals surface area contributed by atoms with Gasteiger partial charge in [0.2, 0.25) is 0 Å². The van der Waals surface area contributed by atoms with E-state index < -0.39 is 0 Å². The van der Waals surface area contributed by atoms with E-state index in [0.717, 1.165) is 5.56 Å². The van der Waals surface area contributed by atoms with Gasteiger partial charge in [0, 0.05) is 19.3 Å². The molecule has 1 N–H and O–H groups in total. The molecule has 21 heavy (non-hydrogen) atoms. The van der Waals surface area contributed by atoms with E-state index in [1.165, 1.54) is 0 Å². The summed E-state index contributed by atoms with van der Waals surface area (Å²) in [4.78, 5) is 22.5. The molecular weight excluding hydrogens is 266 g/mol. The second-order valence-corrected chi connectivity index (χ2v) is 4.85. The van der Waals surface area contributed by atoms with Crippen LogP contribution in [0.5, 0.6) is 0 Å². The van der Waals surface area contributed by atoms with E-state index in [4.69, 9.17) is 0 Å². The molecule has 5 heteroatoms. The van der Waals surface area contributed by atoms with Crippen molar-refractivity contribution in [3.8, 4) is 0 Å². The lowest BCUT2D eigenvalue weighted by Crippen LogP contribution is -2.33. The van der Waals surface area contributed by atoms with Gasteiger partial charge < -0.3 is 10.0 Å². The first kappa shape index (κ1) is 15.1. The van der Waals surface area contributed by atoms with Gasteiger partial charge in [-0.05, 0) is 19.4 Å². The Morgan fingerprint density at radius 2 is 1.95 bits per heavy atom. The van der Waals surface area contributed by atoms with Crippen LogP contribution in [0.2, 0.25) is 0 Å². The van der Waals surface area contributed by atoms with Crippen LogP contribution in [0.4, 0.5) is 0 Å². The molecule has 0 aliphatic carbocycles. The highest BCUT2D eigenvalue weighted by Gasteiger charge is 2.18. The summed E-state index contributed by atoms with van der Waals surface area (Å²) in [6.45, 7) is 4.23. The molecule has 5 nitrogen and oxygen atoms in total. The van der Waals surface area contributed by atoms with E-state index in [1.54, 1.807) is 24.9 Å². The monoisotopic (exact) mass is 285 g/mol. The molecule has 0 saturated heterocycles. The van der Waals surface area contributed by atoms with Crippen molar-refractivity contribution in [1.82, 2.24) is 14.9 Å². The number of rotatable bonds is 5. The second kappa shape index (κ2) is 6.95. The summed E-state index contributed by atoms with van der Waals surface area (Å²) in [5.74, 6) is 0.478. The van der Waals surface area contributed by atoms with Gasteiger partial charge in [0.25, 0.3) is 5.91 Å². The molecule has 2 aromatic rings. The third-order valence-electron chi connectivity index (χ3n) is 3.20. The Morgan fingerprint density at radius 3 is 2.57 bits per heavy atom. The minimum atomic E-state index is -0.162. The molecule has 0 aliphatic rings. The van der Waals surface area contributed by atoms with E-state index in [2.05, 4.69) is 9.97 Å². The zero-order chi connectivity index (χ0) is 15.2. The largest absolute Gasteiger partial charge is 0.395 e. The molecule has 110 valence electrons. The average molecular weight is 285 g/mol. The van der Waals surface area contributed by atoms with Crippen molar-refractivity contribution in [2.45, 2.75) is 20.4 Å². The first-order chi connectivity index (χ1) is 10.1. The highest BCUT2D eigenvalue weighted by molar-refractivity contribution is 5.94. The van der Waals surface area contributed by atoms with Gasteiger partial charge in [0.1, 0.15) is 5.82 Å². The van der Waals surface area contributed by atoms with Crippen LogP contribution in [0.1, 0.15) is 27.4 Å². The molecule has 0 unspecified atom stereocenters. The van der Waals surface area contributed by atoms with Gasteiger partial charge in [-0.3, -0.25) is 4.79 Å². The van der Waals surface area contributed by atoms with Gasteiger partial charge in [-0.1, -0.05) is 30.3 Å². The molecule has 1 heterocycles. The van der Waals surface area contributed by atoms with Crippen LogP contribution in [-0.4, -0.2) is 39.0 Å². The summed E-state index contributed by atoms with van der Waals surface area (Å²) < 4.78 is 0. The van der Waals surface area contributed by atoms with Crippen molar-refractivity contribution in [2.75, 3.05) is 13.2 Å². The van der Waals surface area contributed by atoms with Crippen LogP contribution < -0.4 is 0 Å². The number of benzene rings is 1. The third-order valence-corrected chi connectivity index (χ3v) is 3.20. The average Bonchev–Trinajstić information content (AvgIpc) is 2.47. The molecule has 1 aromatic heterocycles. The number of hydrogen-bond donors (Lipinski definition) is 1. The summed E-state index contributed by atoms with van der Waals surface area (Å²) >= 11 is 0. The highest BCUT2D eigenvalue weighted by atomic mass is 16.3. The lowest BCUT2D eigenvalue weighted by molar-refractivity contribution is 0.0706. The SMILES string of the molecule is Cc1ncc(C(=O)N(CCO)Cc2ccccc2)c(C)n1. The van der Waals surface area contributed by atoms with E-state index >= 15 is 0 Å². The maximum atomic E-state index is 12.6. The predicted octanol–water partition coefficient (Wildman–Crippen LogP) is 1.73. The summed E-state index contributed by atoms with van der Waals surface area (Å²) in [5, 5.41) is 9.20. The quantitative estimate of drug-likeness (QED) is 0.908. The maximum Gasteiger partial charge on any atom is 0.257 e. The number of nitrogens with zero attached hydrogens (tertiary/aromatic N) is 3. The number of carbonyl (C=O) groups excluding carboxylic acids is 1. The second-order valence-electron chi connectivity index (χ2n) is 4.85. The number of aryl methyl sites for hydroxylation is 2. The minimum Gasteiger partial charge on any atom is -0.395 e. The first-order valence-corrected chi connectivity index (χ1v) is 6.86. The van der Waals surface area contributed by atoms with Crippen molar-refractivity contribution in [3.63, 3.8) is 0 Å². The van der Waals surface area contributed by atoms with Crippen molar-refractivity contribution in [3.05, 3.63) is 59.2 Å². The summed E-state index contributed by atoms with van der Waals surface area (Å²) in [6, 6.07) is 9.69. The normalized spacial score (nSPS) is 10.4. The van der Waals surface area contributed by atoms with Crippen molar-refractivity contribution in [1.29, 1.82) is 0 Å². The Morgan fingerprint density at radius 1 is 1.24 bits per heavy atom. The van der Waals surface area contributed by atoms with Crippen LogP contribution in [0.25, 0.3) is 0 Å². The van der Waals surface area contributed by atoms with E-state index in [0.29, 0.717) is 23.6 Å².